The fourth-order valence-corrected chi connectivity index (χ4v) is 1.03. The van der Waals surface area contributed by atoms with Crippen LogP contribution in [0, 0.1) is 0 Å². The normalized spacial score (nSPS) is 9.46. The highest BCUT2D eigenvalue weighted by molar-refractivity contribution is 5.92. The van der Waals surface area contributed by atoms with E-state index in [1.807, 2.05) is 12.1 Å². The molecule has 1 aromatic carbocycles. The van der Waals surface area contributed by atoms with Crippen molar-refractivity contribution in [1.29, 1.82) is 0 Å². The second kappa shape index (κ2) is 4.62. The number of hydrogen-bond donors (Lipinski definition) is 1. The number of primary amides is 1. The number of amides is 1. The lowest BCUT2D eigenvalue weighted by Crippen LogP contribution is -2.10. The zero-order chi connectivity index (χ0) is 9.14. The Morgan fingerprint density at radius 1 is 1.23 bits per heavy atom. The van der Waals surface area contributed by atoms with Crippen LogP contribution in [0.1, 0.15) is 35.7 Å². The van der Waals surface area contributed by atoms with Gasteiger partial charge in [-0.3, -0.25) is 4.79 Å². The van der Waals surface area contributed by atoms with Crippen molar-refractivity contribution in [3.05, 3.63) is 35.4 Å². The van der Waals surface area contributed by atoms with E-state index in [4.69, 9.17) is 5.73 Å². The number of carbonyl (C=O) groups excluding carboxylic acids is 1. The number of carbonyl (C=O) groups is 1. The summed E-state index contributed by atoms with van der Waals surface area (Å²) in [6.45, 7) is 4.22. The lowest BCUT2D eigenvalue weighted by molar-refractivity contribution is 0.100. The Hall–Kier alpha value is -1.35. The van der Waals surface area contributed by atoms with Gasteiger partial charge in [-0.1, -0.05) is 26.0 Å². The third-order valence-electron chi connectivity index (χ3n) is 1.86. The number of nitrogens with two attached hydrogens (primary N) is 1. The Labute approximate surface area is 77.9 Å². The van der Waals surface area contributed by atoms with Crippen molar-refractivity contribution in [2.45, 2.75) is 19.8 Å². The Kier molecular flexibility index (Phi) is 4.14. The summed E-state index contributed by atoms with van der Waals surface area (Å²) >= 11 is 0. The van der Waals surface area contributed by atoms with Crippen molar-refractivity contribution < 1.29 is 10.3 Å². The molecule has 0 aliphatic rings. The second-order valence-electron chi connectivity index (χ2n) is 3.14. The Bertz CT molecular complexity index is 277. The molecule has 0 saturated carbocycles. The van der Waals surface area contributed by atoms with Crippen LogP contribution in [0.15, 0.2) is 24.3 Å². The predicted molar refractivity (Wildman–Crippen MR) is 52.7 cm³/mol. The highest BCUT2D eigenvalue weighted by atomic mass is 16.1. The Morgan fingerprint density at radius 3 is 2.00 bits per heavy atom. The molecule has 0 radical (unpaired) electrons. The van der Waals surface area contributed by atoms with Gasteiger partial charge in [0.1, 0.15) is 0 Å². The van der Waals surface area contributed by atoms with Crippen LogP contribution in [-0.2, 0) is 0 Å². The first kappa shape index (κ1) is 11.6. The van der Waals surface area contributed by atoms with Gasteiger partial charge in [-0.25, -0.2) is 0 Å². The standard InChI is InChI=1S/C10H13NO.H2O/c1-7(2)8-3-5-9(6-4-8)10(11)12;/h3-7H,1-2H3,(H2,11,12);1H2. The molecule has 0 unspecified atom stereocenters. The molecule has 0 aliphatic heterocycles. The minimum absolute atomic E-state index is 0. The lowest BCUT2D eigenvalue weighted by atomic mass is 10.0. The predicted octanol–water partition coefficient (Wildman–Crippen LogP) is 1.08. The highest BCUT2D eigenvalue weighted by Gasteiger charge is 2.01. The summed E-state index contributed by atoms with van der Waals surface area (Å²) < 4.78 is 0. The third-order valence-corrected chi connectivity index (χ3v) is 1.86. The molecule has 0 aromatic heterocycles. The van der Waals surface area contributed by atoms with Crippen LogP contribution in [0.4, 0.5) is 0 Å². The van der Waals surface area contributed by atoms with Crippen LogP contribution in [0.3, 0.4) is 0 Å². The zero-order valence-corrected chi connectivity index (χ0v) is 7.87. The number of hydrogen-bond acceptors (Lipinski definition) is 1. The molecular formula is C10H15NO2. The fourth-order valence-electron chi connectivity index (χ4n) is 1.03. The molecule has 0 fully saturated rings. The molecule has 1 amide bonds. The van der Waals surface area contributed by atoms with Crippen molar-refractivity contribution >= 4 is 5.91 Å². The largest absolute Gasteiger partial charge is 0.412 e. The quantitative estimate of drug-likeness (QED) is 0.728. The smallest absolute Gasteiger partial charge is 0.248 e. The van der Waals surface area contributed by atoms with Gasteiger partial charge >= 0.3 is 0 Å². The van der Waals surface area contributed by atoms with Crippen LogP contribution >= 0.6 is 0 Å². The molecule has 3 nitrogen and oxygen atoms in total. The van der Waals surface area contributed by atoms with Gasteiger partial charge in [0.15, 0.2) is 0 Å². The van der Waals surface area contributed by atoms with E-state index in [9.17, 15) is 4.79 Å². The molecule has 1 aromatic rings. The molecule has 0 atom stereocenters. The zero-order valence-electron chi connectivity index (χ0n) is 7.87. The minimum atomic E-state index is -0.370. The van der Waals surface area contributed by atoms with E-state index in [1.165, 1.54) is 5.56 Å². The van der Waals surface area contributed by atoms with Crippen LogP contribution in [0.2, 0.25) is 0 Å². The highest BCUT2D eigenvalue weighted by Crippen LogP contribution is 2.14. The maximum atomic E-state index is 10.7. The molecule has 72 valence electrons. The summed E-state index contributed by atoms with van der Waals surface area (Å²) in [5.74, 6) is 0.122. The summed E-state index contributed by atoms with van der Waals surface area (Å²) in [5, 5.41) is 0. The van der Waals surface area contributed by atoms with E-state index in [-0.39, 0.29) is 11.4 Å². The van der Waals surface area contributed by atoms with Crippen molar-refractivity contribution in [1.82, 2.24) is 0 Å². The first-order chi connectivity index (χ1) is 5.61. The Balaban J connectivity index is 0.00000144. The van der Waals surface area contributed by atoms with Gasteiger partial charge in [0.25, 0.3) is 0 Å². The maximum Gasteiger partial charge on any atom is 0.248 e. The van der Waals surface area contributed by atoms with Crippen LogP contribution in [0.25, 0.3) is 0 Å². The molecular weight excluding hydrogens is 166 g/mol. The first-order valence-corrected chi connectivity index (χ1v) is 4.01. The average molecular weight is 181 g/mol. The first-order valence-electron chi connectivity index (χ1n) is 4.01. The van der Waals surface area contributed by atoms with Crippen LogP contribution in [-0.4, -0.2) is 11.4 Å². The molecule has 4 N–H and O–H groups in total. The molecule has 0 aliphatic carbocycles. The van der Waals surface area contributed by atoms with E-state index in [0.29, 0.717) is 11.5 Å². The van der Waals surface area contributed by atoms with Crippen LogP contribution < -0.4 is 5.73 Å². The second-order valence-corrected chi connectivity index (χ2v) is 3.14. The monoisotopic (exact) mass is 181 g/mol. The summed E-state index contributed by atoms with van der Waals surface area (Å²) in [7, 11) is 0. The van der Waals surface area contributed by atoms with Crippen LogP contribution in [0.5, 0.6) is 0 Å². The van der Waals surface area contributed by atoms with E-state index >= 15 is 0 Å². The van der Waals surface area contributed by atoms with Gasteiger partial charge < -0.3 is 11.2 Å². The van der Waals surface area contributed by atoms with Gasteiger partial charge in [0.2, 0.25) is 5.91 Å². The van der Waals surface area contributed by atoms with Gasteiger partial charge in [0.05, 0.1) is 0 Å². The van der Waals surface area contributed by atoms with E-state index < -0.39 is 0 Å². The van der Waals surface area contributed by atoms with Crippen molar-refractivity contribution in [3.63, 3.8) is 0 Å². The third kappa shape index (κ3) is 2.87. The topological polar surface area (TPSA) is 74.6 Å². The lowest BCUT2D eigenvalue weighted by Gasteiger charge is -2.04. The number of benzene rings is 1. The maximum absolute atomic E-state index is 10.7. The molecule has 0 saturated heterocycles. The van der Waals surface area contributed by atoms with Gasteiger partial charge in [0, 0.05) is 5.56 Å². The van der Waals surface area contributed by atoms with Crippen molar-refractivity contribution in [2.24, 2.45) is 5.73 Å². The Morgan fingerprint density at radius 2 is 1.69 bits per heavy atom. The molecule has 0 bridgehead atoms. The summed E-state index contributed by atoms with van der Waals surface area (Å²) in [5.41, 5.74) is 6.89. The minimum Gasteiger partial charge on any atom is -0.412 e. The molecule has 3 heteroatoms. The SMILES string of the molecule is CC(C)c1ccc(C(N)=O)cc1.O. The fraction of sp³-hybridized carbons (Fsp3) is 0.300. The summed E-state index contributed by atoms with van der Waals surface area (Å²) in [6, 6.07) is 7.39. The molecule has 0 spiro atoms. The van der Waals surface area contributed by atoms with E-state index in [1.54, 1.807) is 12.1 Å². The van der Waals surface area contributed by atoms with Crippen molar-refractivity contribution in [3.8, 4) is 0 Å². The van der Waals surface area contributed by atoms with E-state index in [0.717, 1.165) is 0 Å². The molecule has 1 rings (SSSR count). The average Bonchev–Trinajstić information content (AvgIpc) is 2.04. The van der Waals surface area contributed by atoms with Gasteiger partial charge in [-0.15, -0.1) is 0 Å². The van der Waals surface area contributed by atoms with Gasteiger partial charge in [-0.05, 0) is 23.6 Å². The van der Waals surface area contributed by atoms with Crippen molar-refractivity contribution in [2.75, 3.05) is 0 Å². The molecule has 0 heterocycles. The van der Waals surface area contributed by atoms with E-state index in [2.05, 4.69) is 13.8 Å². The summed E-state index contributed by atoms with van der Waals surface area (Å²) in [6.07, 6.45) is 0. The molecule has 13 heavy (non-hydrogen) atoms. The van der Waals surface area contributed by atoms with Gasteiger partial charge in [-0.2, -0.15) is 0 Å². The number of rotatable bonds is 2. The summed E-state index contributed by atoms with van der Waals surface area (Å²) in [4.78, 5) is 10.7.